The summed E-state index contributed by atoms with van der Waals surface area (Å²) in [5.41, 5.74) is 0.108. The summed E-state index contributed by atoms with van der Waals surface area (Å²) in [5, 5.41) is 3.59. The van der Waals surface area contributed by atoms with Gasteiger partial charge in [-0.25, -0.2) is 0 Å². The number of hydrogen-bond donors (Lipinski definition) is 1. The largest absolute Gasteiger partial charge is 0.374 e. The molecule has 1 heterocycles. The smallest absolute Gasteiger partial charge is 0.0704 e. The molecule has 1 N–H and O–H groups in total. The molecule has 0 spiro atoms. The summed E-state index contributed by atoms with van der Waals surface area (Å²) < 4.78 is 5.78. The molecule has 1 saturated heterocycles. The fourth-order valence-corrected chi connectivity index (χ4v) is 2.57. The van der Waals surface area contributed by atoms with Gasteiger partial charge in [-0.3, -0.25) is 0 Å². The summed E-state index contributed by atoms with van der Waals surface area (Å²) in [6, 6.07) is 0. The third-order valence-corrected chi connectivity index (χ3v) is 4.15. The number of alkyl halides is 1. The number of rotatable bonds is 6. The molecule has 0 aromatic rings. The van der Waals surface area contributed by atoms with Gasteiger partial charge in [0, 0.05) is 18.0 Å². The van der Waals surface area contributed by atoms with Gasteiger partial charge in [0.15, 0.2) is 0 Å². The third kappa shape index (κ3) is 3.61. The lowest BCUT2D eigenvalue weighted by molar-refractivity contribution is 0.0507. The van der Waals surface area contributed by atoms with Crippen LogP contribution in [0.5, 0.6) is 0 Å². The molecule has 0 amide bonds. The summed E-state index contributed by atoms with van der Waals surface area (Å²) in [6.07, 6.45) is 5.36. The second-order valence-corrected chi connectivity index (χ2v) is 4.92. The molecule has 0 bridgehead atoms. The van der Waals surface area contributed by atoms with Gasteiger partial charge >= 0.3 is 0 Å². The highest BCUT2D eigenvalue weighted by molar-refractivity contribution is 6.18. The van der Waals surface area contributed by atoms with E-state index in [4.69, 9.17) is 16.3 Å². The Morgan fingerprint density at radius 3 is 2.40 bits per heavy atom. The lowest BCUT2D eigenvalue weighted by atomic mass is 9.95. The zero-order valence-electron chi connectivity index (χ0n) is 10.2. The topological polar surface area (TPSA) is 21.3 Å². The van der Waals surface area contributed by atoms with E-state index in [2.05, 4.69) is 26.1 Å². The molecule has 0 aromatic carbocycles. The Morgan fingerprint density at radius 1 is 1.33 bits per heavy atom. The second-order valence-electron chi connectivity index (χ2n) is 4.65. The highest BCUT2D eigenvalue weighted by atomic mass is 35.5. The number of halogens is 1. The SMILES string of the molecule is CCC(CC)(CCl)NCC1CCC(C)O1. The maximum absolute atomic E-state index is 6.04. The molecule has 1 aliphatic heterocycles. The molecular formula is C12H24ClNO. The molecule has 0 aliphatic carbocycles. The first-order valence-electron chi connectivity index (χ1n) is 6.12. The molecule has 0 radical (unpaired) electrons. The zero-order valence-corrected chi connectivity index (χ0v) is 10.9. The van der Waals surface area contributed by atoms with Crippen LogP contribution in [0.3, 0.4) is 0 Å². The van der Waals surface area contributed by atoms with Crippen LogP contribution >= 0.6 is 11.6 Å². The summed E-state index contributed by atoms with van der Waals surface area (Å²) in [5.74, 6) is 0.683. The predicted molar refractivity (Wildman–Crippen MR) is 65.6 cm³/mol. The van der Waals surface area contributed by atoms with Crippen molar-refractivity contribution in [2.45, 2.75) is 64.2 Å². The van der Waals surface area contributed by atoms with Crippen LogP contribution in [0.2, 0.25) is 0 Å². The van der Waals surface area contributed by atoms with E-state index in [-0.39, 0.29) is 5.54 Å². The predicted octanol–water partition coefficient (Wildman–Crippen LogP) is 2.94. The first-order valence-corrected chi connectivity index (χ1v) is 6.65. The minimum atomic E-state index is 0.108. The molecule has 1 aliphatic rings. The quantitative estimate of drug-likeness (QED) is 0.713. The van der Waals surface area contributed by atoms with Crippen LogP contribution in [0.1, 0.15) is 46.5 Å². The lowest BCUT2D eigenvalue weighted by Crippen LogP contribution is -2.48. The van der Waals surface area contributed by atoms with Crippen molar-refractivity contribution in [2.75, 3.05) is 12.4 Å². The first kappa shape index (κ1) is 13.3. The van der Waals surface area contributed by atoms with Crippen LogP contribution in [-0.4, -0.2) is 30.2 Å². The van der Waals surface area contributed by atoms with Gasteiger partial charge < -0.3 is 10.1 Å². The van der Waals surface area contributed by atoms with E-state index in [0.29, 0.717) is 18.1 Å². The van der Waals surface area contributed by atoms with Gasteiger partial charge in [-0.2, -0.15) is 0 Å². The Kier molecular flexibility index (Phi) is 5.37. The van der Waals surface area contributed by atoms with E-state index < -0.39 is 0 Å². The Hall–Kier alpha value is 0.210. The summed E-state index contributed by atoms with van der Waals surface area (Å²) in [7, 11) is 0. The molecule has 1 rings (SSSR count). The highest BCUT2D eigenvalue weighted by Crippen LogP contribution is 2.21. The summed E-state index contributed by atoms with van der Waals surface area (Å²) in [4.78, 5) is 0. The molecule has 2 atom stereocenters. The molecule has 0 aromatic heterocycles. The van der Waals surface area contributed by atoms with E-state index in [0.717, 1.165) is 19.4 Å². The van der Waals surface area contributed by atoms with Gasteiger partial charge in [0.1, 0.15) is 0 Å². The van der Waals surface area contributed by atoms with Gasteiger partial charge in [0.05, 0.1) is 12.2 Å². The Balaban J connectivity index is 2.33. The average molecular weight is 234 g/mol. The van der Waals surface area contributed by atoms with E-state index in [1.807, 2.05) is 0 Å². The maximum Gasteiger partial charge on any atom is 0.0704 e. The number of nitrogens with one attached hydrogen (secondary N) is 1. The second kappa shape index (κ2) is 6.07. The van der Waals surface area contributed by atoms with Gasteiger partial charge in [-0.15, -0.1) is 11.6 Å². The molecule has 1 fully saturated rings. The van der Waals surface area contributed by atoms with E-state index in [1.165, 1.54) is 12.8 Å². The summed E-state index contributed by atoms with van der Waals surface area (Å²) in [6.45, 7) is 7.47. The Morgan fingerprint density at radius 2 is 2.00 bits per heavy atom. The minimum absolute atomic E-state index is 0.108. The summed E-state index contributed by atoms with van der Waals surface area (Å²) >= 11 is 6.04. The van der Waals surface area contributed by atoms with Gasteiger partial charge in [-0.05, 0) is 32.6 Å². The van der Waals surface area contributed by atoms with Crippen molar-refractivity contribution in [1.82, 2.24) is 5.32 Å². The van der Waals surface area contributed by atoms with Crippen molar-refractivity contribution in [2.24, 2.45) is 0 Å². The van der Waals surface area contributed by atoms with E-state index in [9.17, 15) is 0 Å². The normalized spacial score (nSPS) is 27.2. The molecular weight excluding hydrogens is 210 g/mol. The van der Waals surface area contributed by atoms with Crippen molar-refractivity contribution in [3.63, 3.8) is 0 Å². The minimum Gasteiger partial charge on any atom is -0.374 e. The van der Waals surface area contributed by atoms with Crippen molar-refractivity contribution in [3.8, 4) is 0 Å². The van der Waals surface area contributed by atoms with E-state index in [1.54, 1.807) is 0 Å². The maximum atomic E-state index is 6.04. The van der Waals surface area contributed by atoms with Gasteiger partial charge in [0.2, 0.25) is 0 Å². The zero-order chi connectivity index (χ0) is 11.3. The molecule has 0 saturated carbocycles. The van der Waals surface area contributed by atoms with Crippen LogP contribution in [0, 0.1) is 0 Å². The van der Waals surface area contributed by atoms with Crippen molar-refractivity contribution < 1.29 is 4.74 Å². The van der Waals surface area contributed by atoms with E-state index >= 15 is 0 Å². The number of ether oxygens (including phenoxy) is 1. The molecule has 90 valence electrons. The number of hydrogen-bond acceptors (Lipinski definition) is 2. The van der Waals surface area contributed by atoms with Crippen molar-refractivity contribution >= 4 is 11.6 Å². The Labute approximate surface area is 98.7 Å². The van der Waals surface area contributed by atoms with Crippen LogP contribution in [0.4, 0.5) is 0 Å². The van der Waals surface area contributed by atoms with Crippen molar-refractivity contribution in [1.29, 1.82) is 0 Å². The van der Waals surface area contributed by atoms with Crippen LogP contribution in [-0.2, 0) is 4.74 Å². The monoisotopic (exact) mass is 233 g/mol. The Bertz CT molecular complexity index is 174. The standard InChI is InChI=1S/C12H24ClNO/c1-4-12(5-2,9-13)14-8-11-7-6-10(3)15-11/h10-11,14H,4-9H2,1-3H3. The third-order valence-electron chi connectivity index (χ3n) is 3.63. The molecule has 2 unspecified atom stereocenters. The highest BCUT2D eigenvalue weighted by Gasteiger charge is 2.28. The average Bonchev–Trinajstić information content (AvgIpc) is 2.67. The molecule has 2 nitrogen and oxygen atoms in total. The van der Waals surface area contributed by atoms with Crippen molar-refractivity contribution in [3.05, 3.63) is 0 Å². The fourth-order valence-electron chi connectivity index (χ4n) is 2.10. The molecule has 15 heavy (non-hydrogen) atoms. The fraction of sp³-hybridized carbons (Fsp3) is 1.00. The van der Waals surface area contributed by atoms with Crippen LogP contribution < -0.4 is 5.32 Å². The van der Waals surface area contributed by atoms with Gasteiger partial charge in [-0.1, -0.05) is 13.8 Å². The molecule has 3 heteroatoms. The lowest BCUT2D eigenvalue weighted by Gasteiger charge is -2.32. The van der Waals surface area contributed by atoms with Crippen LogP contribution in [0.15, 0.2) is 0 Å². The van der Waals surface area contributed by atoms with Crippen LogP contribution in [0.25, 0.3) is 0 Å². The van der Waals surface area contributed by atoms with Gasteiger partial charge in [0.25, 0.3) is 0 Å². The first-order chi connectivity index (χ1) is 7.15.